The van der Waals surface area contributed by atoms with Crippen LogP contribution in [-0.2, 0) is 22.7 Å². The fourth-order valence-corrected chi connectivity index (χ4v) is 3.32. The van der Waals surface area contributed by atoms with Crippen molar-refractivity contribution in [1.29, 1.82) is 0 Å². The highest BCUT2D eigenvalue weighted by Gasteiger charge is 2.32. The van der Waals surface area contributed by atoms with Crippen LogP contribution in [0.1, 0.15) is 11.1 Å². The first-order chi connectivity index (χ1) is 11.1. The van der Waals surface area contributed by atoms with Gasteiger partial charge < -0.3 is 4.74 Å². The van der Waals surface area contributed by atoms with Crippen LogP contribution in [0.5, 0.6) is 5.88 Å². The van der Waals surface area contributed by atoms with Crippen molar-refractivity contribution in [2.24, 2.45) is 0 Å². The Hall–Kier alpha value is -1.84. The van der Waals surface area contributed by atoms with Crippen molar-refractivity contribution in [3.8, 4) is 5.88 Å². The number of nitrogens with zero attached hydrogens (tertiary/aromatic N) is 1. The van der Waals surface area contributed by atoms with E-state index in [1.165, 1.54) is 19.4 Å². The van der Waals surface area contributed by atoms with Crippen molar-refractivity contribution in [2.45, 2.75) is 17.6 Å². The van der Waals surface area contributed by atoms with Crippen LogP contribution in [0.15, 0.2) is 41.4 Å². The SMILES string of the molecule is COc1ccc(CNS(=O)(=O)c2cc(C(F)(F)F)ccc2Cl)cn1. The van der Waals surface area contributed by atoms with Crippen LogP contribution in [-0.4, -0.2) is 20.5 Å². The van der Waals surface area contributed by atoms with Gasteiger partial charge in [-0.2, -0.15) is 13.2 Å². The summed E-state index contributed by atoms with van der Waals surface area (Å²) >= 11 is 5.74. The molecule has 0 aliphatic rings. The summed E-state index contributed by atoms with van der Waals surface area (Å²) in [6.45, 7) is -0.161. The summed E-state index contributed by atoms with van der Waals surface area (Å²) in [4.78, 5) is 3.26. The summed E-state index contributed by atoms with van der Waals surface area (Å²) in [5, 5.41) is -0.302. The monoisotopic (exact) mass is 380 g/mol. The number of benzene rings is 1. The molecular weight excluding hydrogens is 369 g/mol. The number of rotatable bonds is 5. The molecule has 0 unspecified atom stereocenters. The van der Waals surface area contributed by atoms with E-state index in [9.17, 15) is 21.6 Å². The molecule has 10 heteroatoms. The lowest BCUT2D eigenvalue weighted by Crippen LogP contribution is -2.24. The van der Waals surface area contributed by atoms with Crippen molar-refractivity contribution in [1.82, 2.24) is 9.71 Å². The third kappa shape index (κ3) is 4.37. The van der Waals surface area contributed by atoms with Crippen molar-refractivity contribution >= 4 is 21.6 Å². The Labute approximate surface area is 141 Å². The van der Waals surface area contributed by atoms with Crippen LogP contribution in [0.4, 0.5) is 13.2 Å². The summed E-state index contributed by atoms with van der Waals surface area (Å²) < 4.78 is 69.7. The number of sulfonamides is 1. The molecule has 0 radical (unpaired) electrons. The van der Waals surface area contributed by atoms with Gasteiger partial charge in [0.25, 0.3) is 0 Å². The first kappa shape index (κ1) is 18.5. The third-order valence-corrected chi connectivity index (χ3v) is 4.90. The second-order valence-corrected chi connectivity index (χ2v) is 6.82. The predicted octanol–water partition coefficient (Wildman–Crippen LogP) is 3.24. The number of ether oxygens (including phenoxy) is 1. The summed E-state index contributed by atoms with van der Waals surface area (Å²) in [7, 11) is -2.80. The number of hydrogen-bond acceptors (Lipinski definition) is 4. The standard InChI is InChI=1S/C14H12ClF3N2O3S/c1-23-13-5-2-9(7-19-13)8-20-24(21,22)12-6-10(14(16,17)18)3-4-11(12)15/h2-7,20H,8H2,1H3. The molecule has 0 bridgehead atoms. The molecule has 0 atom stereocenters. The molecular formula is C14H12ClF3N2O3S. The molecule has 2 rings (SSSR count). The van der Waals surface area contributed by atoms with Gasteiger partial charge in [-0.15, -0.1) is 0 Å². The van der Waals surface area contributed by atoms with Gasteiger partial charge in [-0.05, 0) is 23.8 Å². The maximum atomic E-state index is 12.7. The maximum Gasteiger partial charge on any atom is 0.416 e. The highest BCUT2D eigenvalue weighted by Crippen LogP contribution is 2.33. The van der Waals surface area contributed by atoms with Gasteiger partial charge in [-0.1, -0.05) is 17.7 Å². The van der Waals surface area contributed by atoms with Crippen LogP contribution in [0.25, 0.3) is 0 Å². The Bertz CT molecular complexity index is 824. The molecule has 1 aromatic heterocycles. The van der Waals surface area contributed by atoms with E-state index in [0.29, 0.717) is 17.5 Å². The van der Waals surface area contributed by atoms with Crippen molar-refractivity contribution in [3.63, 3.8) is 0 Å². The lowest BCUT2D eigenvalue weighted by Gasteiger charge is -2.12. The summed E-state index contributed by atoms with van der Waals surface area (Å²) in [6, 6.07) is 5.21. The van der Waals surface area contributed by atoms with E-state index in [4.69, 9.17) is 16.3 Å². The van der Waals surface area contributed by atoms with Gasteiger partial charge in [0.15, 0.2) is 0 Å². The number of hydrogen-bond donors (Lipinski definition) is 1. The highest BCUT2D eigenvalue weighted by molar-refractivity contribution is 7.89. The molecule has 130 valence electrons. The number of alkyl halides is 3. The minimum absolute atomic E-state index is 0.161. The maximum absolute atomic E-state index is 12.7. The molecule has 0 amide bonds. The van der Waals surface area contributed by atoms with Gasteiger partial charge in [0.2, 0.25) is 15.9 Å². The molecule has 0 spiro atoms. The lowest BCUT2D eigenvalue weighted by atomic mass is 10.2. The predicted molar refractivity (Wildman–Crippen MR) is 81.3 cm³/mol. The van der Waals surface area contributed by atoms with Crippen LogP contribution < -0.4 is 9.46 Å². The minimum atomic E-state index is -4.67. The minimum Gasteiger partial charge on any atom is -0.481 e. The van der Waals surface area contributed by atoms with Crippen LogP contribution in [0.3, 0.4) is 0 Å². The van der Waals surface area contributed by atoms with Gasteiger partial charge in [-0.3, -0.25) is 0 Å². The van der Waals surface area contributed by atoms with Crippen LogP contribution in [0.2, 0.25) is 5.02 Å². The first-order valence-corrected chi connectivity index (χ1v) is 8.35. The zero-order valence-electron chi connectivity index (χ0n) is 12.3. The fraction of sp³-hybridized carbons (Fsp3) is 0.214. The molecule has 0 aliphatic carbocycles. The topological polar surface area (TPSA) is 68.3 Å². The number of nitrogens with one attached hydrogen (secondary N) is 1. The third-order valence-electron chi connectivity index (χ3n) is 3.02. The molecule has 0 saturated carbocycles. The largest absolute Gasteiger partial charge is 0.481 e. The second-order valence-electron chi connectivity index (χ2n) is 4.68. The molecule has 1 N–H and O–H groups in total. The quantitative estimate of drug-likeness (QED) is 0.864. The van der Waals surface area contributed by atoms with Crippen molar-refractivity contribution in [2.75, 3.05) is 7.11 Å². The molecule has 1 aromatic carbocycles. The summed E-state index contributed by atoms with van der Waals surface area (Å²) in [6.07, 6.45) is -3.29. The molecule has 2 aromatic rings. The molecule has 24 heavy (non-hydrogen) atoms. The van der Waals surface area contributed by atoms with Gasteiger partial charge in [0.05, 0.1) is 17.7 Å². The normalized spacial score (nSPS) is 12.2. The number of halogens is 4. The number of pyridine rings is 1. The van der Waals surface area contributed by atoms with E-state index in [0.717, 1.165) is 12.1 Å². The number of methoxy groups -OCH3 is 1. The van der Waals surface area contributed by atoms with Crippen LogP contribution >= 0.6 is 11.6 Å². The van der Waals surface area contributed by atoms with Gasteiger partial charge in [-0.25, -0.2) is 18.1 Å². The van der Waals surface area contributed by atoms with E-state index < -0.39 is 26.7 Å². The van der Waals surface area contributed by atoms with E-state index >= 15 is 0 Å². The number of aromatic nitrogens is 1. The summed E-state index contributed by atoms with van der Waals surface area (Å²) in [5.74, 6) is 0.350. The van der Waals surface area contributed by atoms with E-state index in [1.807, 2.05) is 0 Å². The molecule has 5 nitrogen and oxygen atoms in total. The molecule has 0 aliphatic heterocycles. The first-order valence-electron chi connectivity index (χ1n) is 6.49. The zero-order chi connectivity index (χ0) is 18.0. The van der Waals surface area contributed by atoms with Gasteiger partial charge in [0, 0.05) is 18.8 Å². The van der Waals surface area contributed by atoms with Gasteiger partial charge >= 0.3 is 6.18 Å². The molecule has 0 fully saturated rings. The van der Waals surface area contributed by atoms with Crippen molar-refractivity contribution in [3.05, 3.63) is 52.7 Å². The summed E-state index contributed by atoms with van der Waals surface area (Å²) in [5.41, 5.74) is -0.596. The lowest BCUT2D eigenvalue weighted by molar-refractivity contribution is -0.137. The fourth-order valence-electron chi connectivity index (χ4n) is 1.78. The smallest absolute Gasteiger partial charge is 0.416 e. The van der Waals surface area contributed by atoms with E-state index in [-0.39, 0.29) is 11.6 Å². The Morgan fingerprint density at radius 3 is 2.50 bits per heavy atom. The molecule has 0 saturated heterocycles. The Balaban J connectivity index is 2.23. The molecule has 1 heterocycles. The zero-order valence-corrected chi connectivity index (χ0v) is 13.8. The Morgan fingerprint density at radius 2 is 1.96 bits per heavy atom. The average molecular weight is 381 g/mol. The Morgan fingerprint density at radius 1 is 1.25 bits per heavy atom. The van der Waals surface area contributed by atoms with Crippen molar-refractivity contribution < 1.29 is 26.3 Å². The highest BCUT2D eigenvalue weighted by atomic mass is 35.5. The average Bonchev–Trinajstić information content (AvgIpc) is 2.52. The van der Waals surface area contributed by atoms with Crippen LogP contribution in [0, 0.1) is 0 Å². The van der Waals surface area contributed by atoms with E-state index in [1.54, 1.807) is 6.07 Å². The van der Waals surface area contributed by atoms with Gasteiger partial charge in [0.1, 0.15) is 4.90 Å². The van der Waals surface area contributed by atoms with E-state index in [2.05, 4.69) is 9.71 Å². The second kappa shape index (κ2) is 6.96. The Kier molecular flexibility index (Phi) is 5.36.